The van der Waals surface area contributed by atoms with Crippen LogP contribution >= 0.6 is 0 Å². The number of nitrogens with zero attached hydrogens (tertiary/aromatic N) is 3. The third-order valence-electron chi connectivity index (χ3n) is 2.35. The number of carboxylic acids is 1. The molecule has 0 fully saturated rings. The number of hydrogen-bond donors (Lipinski definition) is 2. The zero-order valence-corrected chi connectivity index (χ0v) is 10.3. The lowest BCUT2D eigenvalue weighted by atomic mass is 10.2. The predicted molar refractivity (Wildman–Crippen MR) is 60.8 cm³/mol. The first-order valence-electron chi connectivity index (χ1n) is 5.47. The molecule has 1 aromatic rings. The van der Waals surface area contributed by atoms with E-state index in [9.17, 15) is 9.59 Å². The van der Waals surface area contributed by atoms with E-state index < -0.39 is 11.9 Å². The largest absolute Gasteiger partial charge is 0.481 e. The topological polar surface area (TPSA) is 109 Å². The second-order valence-electron chi connectivity index (χ2n) is 3.95. The molecular weight excluding hydrogens is 240 g/mol. The lowest BCUT2D eigenvalue weighted by Crippen LogP contribution is -2.41. The maximum Gasteiger partial charge on any atom is 0.317 e. The van der Waals surface area contributed by atoms with Crippen LogP contribution in [0, 0.1) is 5.92 Å². The summed E-state index contributed by atoms with van der Waals surface area (Å²) in [6.07, 6.45) is 1.68. The number of hydrogen-bond acceptors (Lipinski definition) is 5. The van der Waals surface area contributed by atoms with Gasteiger partial charge in [0.1, 0.15) is 0 Å². The minimum absolute atomic E-state index is 0.156. The van der Waals surface area contributed by atoms with Crippen LogP contribution in [0.5, 0.6) is 0 Å². The van der Waals surface area contributed by atoms with E-state index in [-0.39, 0.29) is 12.6 Å². The minimum atomic E-state index is -0.929. The number of carboxylic acid groups (broad SMARTS) is 1. The number of amides is 2. The number of aliphatic carboxylic acids is 1. The van der Waals surface area contributed by atoms with Gasteiger partial charge in [0, 0.05) is 26.6 Å². The van der Waals surface area contributed by atoms with Crippen LogP contribution in [0.1, 0.15) is 12.7 Å². The van der Waals surface area contributed by atoms with Crippen LogP contribution in [0.4, 0.5) is 4.79 Å². The summed E-state index contributed by atoms with van der Waals surface area (Å²) < 4.78 is 4.55. The molecule has 0 aliphatic rings. The van der Waals surface area contributed by atoms with Crippen molar-refractivity contribution in [1.29, 1.82) is 0 Å². The van der Waals surface area contributed by atoms with E-state index in [4.69, 9.17) is 5.11 Å². The molecule has 18 heavy (non-hydrogen) atoms. The first-order valence-corrected chi connectivity index (χ1v) is 5.47. The maximum atomic E-state index is 11.6. The van der Waals surface area contributed by atoms with Crippen molar-refractivity contribution in [2.45, 2.75) is 13.3 Å². The van der Waals surface area contributed by atoms with Crippen molar-refractivity contribution >= 4 is 12.0 Å². The molecule has 0 radical (unpaired) electrons. The molecular formula is C10H16N4O4. The quantitative estimate of drug-likeness (QED) is 0.740. The average Bonchev–Trinajstić information content (AvgIpc) is 2.81. The highest BCUT2D eigenvalue weighted by Gasteiger charge is 2.16. The Bertz CT molecular complexity index is 393. The number of aromatic nitrogens is 2. The molecule has 8 heteroatoms. The van der Waals surface area contributed by atoms with Gasteiger partial charge in [0.25, 0.3) is 0 Å². The SMILES string of the molecule is CC(CN(C)C(=O)NCCc1ncon1)C(=O)O. The summed E-state index contributed by atoms with van der Waals surface area (Å²) in [6, 6.07) is -0.327. The van der Waals surface area contributed by atoms with Gasteiger partial charge in [-0.2, -0.15) is 4.98 Å². The van der Waals surface area contributed by atoms with Gasteiger partial charge >= 0.3 is 12.0 Å². The molecule has 0 spiro atoms. The first-order chi connectivity index (χ1) is 8.50. The maximum absolute atomic E-state index is 11.6. The molecule has 0 saturated heterocycles. The van der Waals surface area contributed by atoms with E-state index in [1.165, 1.54) is 11.3 Å². The predicted octanol–water partition coefficient (Wildman–Crippen LogP) is -0.0258. The summed E-state index contributed by atoms with van der Waals surface area (Å²) in [7, 11) is 1.54. The smallest absolute Gasteiger partial charge is 0.317 e. The summed E-state index contributed by atoms with van der Waals surface area (Å²) in [5, 5.41) is 15.0. The fourth-order valence-electron chi connectivity index (χ4n) is 1.29. The molecule has 0 aromatic carbocycles. The van der Waals surface area contributed by atoms with Crippen LogP contribution in [0.3, 0.4) is 0 Å². The van der Waals surface area contributed by atoms with E-state index >= 15 is 0 Å². The molecule has 2 amide bonds. The van der Waals surface area contributed by atoms with E-state index in [0.717, 1.165) is 0 Å². The zero-order valence-electron chi connectivity index (χ0n) is 10.3. The second-order valence-corrected chi connectivity index (χ2v) is 3.95. The standard InChI is InChI=1S/C10H16N4O4/c1-7(9(15)16)5-14(2)10(17)11-4-3-8-12-6-18-13-8/h6-7H,3-5H2,1-2H3,(H,11,17)(H,15,16). The Hall–Kier alpha value is -2.12. The highest BCUT2D eigenvalue weighted by molar-refractivity contribution is 5.75. The monoisotopic (exact) mass is 256 g/mol. The third-order valence-corrected chi connectivity index (χ3v) is 2.35. The Morgan fingerprint density at radius 2 is 2.33 bits per heavy atom. The van der Waals surface area contributed by atoms with Crippen molar-refractivity contribution in [3.8, 4) is 0 Å². The molecule has 8 nitrogen and oxygen atoms in total. The Morgan fingerprint density at radius 3 is 2.89 bits per heavy atom. The van der Waals surface area contributed by atoms with Gasteiger partial charge < -0.3 is 19.8 Å². The van der Waals surface area contributed by atoms with Gasteiger partial charge in [-0.15, -0.1) is 0 Å². The Labute approximate surface area is 104 Å². The minimum Gasteiger partial charge on any atom is -0.481 e. The van der Waals surface area contributed by atoms with Crippen molar-refractivity contribution < 1.29 is 19.2 Å². The van der Waals surface area contributed by atoms with Crippen molar-refractivity contribution in [3.05, 3.63) is 12.2 Å². The van der Waals surface area contributed by atoms with Gasteiger partial charge in [0.2, 0.25) is 6.39 Å². The van der Waals surface area contributed by atoms with Crippen LogP contribution in [0.25, 0.3) is 0 Å². The summed E-state index contributed by atoms with van der Waals surface area (Å²) in [5.74, 6) is -1.02. The van der Waals surface area contributed by atoms with Crippen LogP contribution < -0.4 is 5.32 Å². The number of urea groups is 1. The molecule has 1 unspecified atom stereocenters. The van der Waals surface area contributed by atoms with Gasteiger partial charge in [-0.1, -0.05) is 12.1 Å². The molecule has 1 rings (SSSR count). The molecule has 0 aliphatic carbocycles. The Balaban J connectivity index is 2.25. The van der Waals surface area contributed by atoms with Crippen molar-refractivity contribution in [2.24, 2.45) is 5.92 Å². The molecule has 1 heterocycles. The van der Waals surface area contributed by atoms with Crippen LogP contribution in [-0.4, -0.2) is 52.3 Å². The molecule has 0 aliphatic heterocycles. The van der Waals surface area contributed by atoms with Gasteiger partial charge in [0.05, 0.1) is 5.92 Å². The normalized spacial score (nSPS) is 11.9. The van der Waals surface area contributed by atoms with Crippen molar-refractivity contribution in [1.82, 2.24) is 20.4 Å². The summed E-state index contributed by atoms with van der Waals surface area (Å²) in [4.78, 5) is 27.4. The van der Waals surface area contributed by atoms with Gasteiger partial charge in [-0.05, 0) is 0 Å². The summed E-state index contributed by atoms with van der Waals surface area (Å²) in [6.45, 7) is 2.07. The van der Waals surface area contributed by atoms with Gasteiger partial charge in [-0.25, -0.2) is 4.79 Å². The van der Waals surface area contributed by atoms with Gasteiger partial charge in [0.15, 0.2) is 5.82 Å². The fraction of sp³-hybridized carbons (Fsp3) is 0.600. The van der Waals surface area contributed by atoms with E-state index in [0.29, 0.717) is 18.8 Å². The van der Waals surface area contributed by atoms with E-state index in [1.54, 1.807) is 14.0 Å². The molecule has 0 saturated carbocycles. The fourth-order valence-corrected chi connectivity index (χ4v) is 1.29. The van der Waals surface area contributed by atoms with Crippen LogP contribution in [0.2, 0.25) is 0 Å². The Morgan fingerprint density at radius 1 is 1.61 bits per heavy atom. The molecule has 1 atom stereocenters. The zero-order chi connectivity index (χ0) is 13.5. The number of nitrogens with one attached hydrogen (secondary N) is 1. The number of rotatable bonds is 6. The van der Waals surface area contributed by atoms with E-state index in [2.05, 4.69) is 20.0 Å². The molecule has 1 aromatic heterocycles. The van der Waals surface area contributed by atoms with E-state index in [1.807, 2.05) is 0 Å². The average molecular weight is 256 g/mol. The highest BCUT2D eigenvalue weighted by atomic mass is 16.5. The Kier molecular flexibility index (Phi) is 5.09. The number of carbonyl (C=O) groups excluding carboxylic acids is 1. The van der Waals surface area contributed by atoms with Crippen LogP contribution in [0.15, 0.2) is 10.9 Å². The summed E-state index contributed by atoms with van der Waals surface area (Å²) in [5.41, 5.74) is 0. The lowest BCUT2D eigenvalue weighted by molar-refractivity contribution is -0.141. The van der Waals surface area contributed by atoms with Crippen LogP contribution in [-0.2, 0) is 11.2 Å². The van der Waals surface area contributed by atoms with Crippen molar-refractivity contribution in [2.75, 3.05) is 20.1 Å². The number of carbonyl (C=O) groups is 2. The first kappa shape index (κ1) is 13.9. The lowest BCUT2D eigenvalue weighted by Gasteiger charge is -2.19. The third kappa shape index (κ3) is 4.40. The summed E-state index contributed by atoms with van der Waals surface area (Å²) >= 11 is 0. The van der Waals surface area contributed by atoms with Crippen molar-refractivity contribution in [3.63, 3.8) is 0 Å². The highest BCUT2D eigenvalue weighted by Crippen LogP contribution is 1.98. The molecule has 0 bridgehead atoms. The molecule has 2 N–H and O–H groups in total. The van der Waals surface area contributed by atoms with Gasteiger partial charge in [-0.3, -0.25) is 4.79 Å². The second kappa shape index (κ2) is 6.58. The molecule has 100 valence electrons.